The number of fused-ring (bicyclic) bond motifs is 1. The lowest BCUT2D eigenvalue weighted by Crippen LogP contribution is -1.90. The Kier molecular flexibility index (Phi) is 2.29. The molecular weight excluding hydrogens is 248 g/mol. The minimum Gasteiger partial charge on any atom is -0.496 e. The Morgan fingerprint density at radius 1 is 1.50 bits per heavy atom. The second kappa shape index (κ2) is 3.46. The van der Waals surface area contributed by atoms with Crippen molar-refractivity contribution in [3.05, 3.63) is 28.4 Å². The number of benzene rings is 1. The normalized spacial score (nSPS) is 10.4. The van der Waals surface area contributed by atoms with Gasteiger partial charge in [-0.2, -0.15) is 0 Å². The number of halogens is 1. The lowest BCUT2D eigenvalue weighted by Gasteiger charge is -2.03. The van der Waals surface area contributed by atoms with Gasteiger partial charge in [-0.15, -0.1) is 0 Å². The molecule has 0 spiro atoms. The van der Waals surface area contributed by atoms with Crippen molar-refractivity contribution in [2.75, 3.05) is 7.11 Å². The summed E-state index contributed by atoms with van der Waals surface area (Å²) >= 11 is 3.31. The molecule has 4 heteroatoms. The van der Waals surface area contributed by atoms with Crippen molar-refractivity contribution < 1.29 is 13.9 Å². The molecule has 0 N–H and O–H groups in total. The van der Waals surface area contributed by atoms with Gasteiger partial charge in [0.2, 0.25) is 0 Å². The van der Waals surface area contributed by atoms with E-state index in [1.807, 2.05) is 0 Å². The van der Waals surface area contributed by atoms with E-state index in [1.165, 1.54) is 7.11 Å². The molecule has 14 heavy (non-hydrogen) atoms. The maximum absolute atomic E-state index is 10.9. The van der Waals surface area contributed by atoms with Crippen LogP contribution in [0.25, 0.3) is 11.0 Å². The number of methoxy groups -OCH3 is 1. The van der Waals surface area contributed by atoms with E-state index in [1.54, 1.807) is 18.4 Å². The number of carbonyl (C=O) groups is 1. The number of aldehydes is 1. The number of rotatable bonds is 2. The lowest BCUT2D eigenvalue weighted by atomic mass is 10.1. The molecule has 0 saturated heterocycles. The number of ether oxygens (including phenoxy) is 1. The summed E-state index contributed by atoms with van der Waals surface area (Å²) in [5.41, 5.74) is 1.17. The Labute approximate surface area is 88.8 Å². The van der Waals surface area contributed by atoms with E-state index >= 15 is 0 Å². The van der Waals surface area contributed by atoms with Crippen LogP contribution in [0.3, 0.4) is 0 Å². The summed E-state index contributed by atoms with van der Waals surface area (Å²) in [4.78, 5) is 10.9. The highest BCUT2D eigenvalue weighted by molar-refractivity contribution is 9.10. The Balaban J connectivity index is 2.87. The average molecular weight is 255 g/mol. The molecule has 0 radical (unpaired) electrons. The van der Waals surface area contributed by atoms with Gasteiger partial charge in [-0.25, -0.2) is 0 Å². The molecule has 2 rings (SSSR count). The molecule has 0 aliphatic carbocycles. The Hall–Kier alpha value is -1.29. The van der Waals surface area contributed by atoms with Gasteiger partial charge in [0.25, 0.3) is 0 Å². The molecule has 1 aromatic heterocycles. The van der Waals surface area contributed by atoms with Crippen molar-refractivity contribution in [3.63, 3.8) is 0 Å². The zero-order valence-corrected chi connectivity index (χ0v) is 9.00. The number of furan rings is 1. The van der Waals surface area contributed by atoms with E-state index < -0.39 is 0 Å². The number of carbonyl (C=O) groups excluding carboxylic acids is 1. The molecule has 3 nitrogen and oxygen atoms in total. The van der Waals surface area contributed by atoms with Gasteiger partial charge in [0, 0.05) is 5.39 Å². The predicted molar refractivity (Wildman–Crippen MR) is 55.9 cm³/mol. The predicted octanol–water partition coefficient (Wildman–Crippen LogP) is 3.02. The largest absolute Gasteiger partial charge is 0.496 e. The summed E-state index contributed by atoms with van der Waals surface area (Å²) < 4.78 is 11.1. The smallest absolute Gasteiger partial charge is 0.154 e. The fourth-order valence-electron chi connectivity index (χ4n) is 1.39. The first kappa shape index (κ1) is 9.27. The number of hydrogen-bond donors (Lipinski definition) is 0. The zero-order chi connectivity index (χ0) is 10.1. The van der Waals surface area contributed by atoms with E-state index in [9.17, 15) is 4.79 Å². The van der Waals surface area contributed by atoms with E-state index in [0.29, 0.717) is 16.9 Å². The monoisotopic (exact) mass is 254 g/mol. The SMILES string of the molecule is COc1ccc2occ(Br)c2c1C=O. The van der Waals surface area contributed by atoms with Crippen molar-refractivity contribution in [2.45, 2.75) is 0 Å². The van der Waals surface area contributed by atoms with E-state index in [2.05, 4.69) is 15.9 Å². The highest BCUT2D eigenvalue weighted by Gasteiger charge is 2.12. The molecule has 0 amide bonds. The van der Waals surface area contributed by atoms with Gasteiger partial charge >= 0.3 is 0 Å². The van der Waals surface area contributed by atoms with Crippen LogP contribution < -0.4 is 4.74 Å². The third-order valence-electron chi connectivity index (χ3n) is 2.03. The van der Waals surface area contributed by atoms with E-state index in [4.69, 9.17) is 9.15 Å². The van der Waals surface area contributed by atoms with Crippen LogP contribution in [0.2, 0.25) is 0 Å². The molecule has 2 aromatic rings. The standard InChI is InChI=1S/C10H7BrO3/c1-13-8-2-3-9-10(6(8)4-12)7(11)5-14-9/h2-5H,1H3. The van der Waals surface area contributed by atoms with Gasteiger partial charge in [-0.05, 0) is 28.1 Å². The lowest BCUT2D eigenvalue weighted by molar-refractivity contribution is 0.112. The fourth-order valence-corrected chi connectivity index (χ4v) is 1.90. The fraction of sp³-hybridized carbons (Fsp3) is 0.100. The first-order valence-electron chi connectivity index (χ1n) is 3.96. The summed E-state index contributed by atoms with van der Waals surface area (Å²) in [7, 11) is 1.53. The topological polar surface area (TPSA) is 39.4 Å². The van der Waals surface area contributed by atoms with Crippen molar-refractivity contribution in [1.29, 1.82) is 0 Å². The Bertz CT molecular complexity index is 487. The van der Waals surface area contributed by atoms with E-state index in [0.717, 1.165) is 16.1 Å². The molecule has 0 atom stereocenters. The minimum atomic E-state index is 0.505. The van der Waals surface area contributed by atoms with Crippen molar-refractivity contribution in [3.8, 4) is 5.75 Å². The molecule has 1 heterocycles. The van der Waals surface area contributed by atoms with Crippen LogP contribution in [-0.4, -0.2) is 13.4 Å². The Morgan fingerprint density at radius 2 is 2.29 bits per heavy atom. The Morgan fingerprint density at radius 3 is 2.93 bits per heavy atom. The van der Waals surface area contributed by atoms with Gasteiger partial charge in [-0.3, -0.25) is 4.79 Å². The van der Waals surface area contributed by atoms with Crippen molar-refractivity contribution in [1.82, 2.24) is 0 Å². The quantitative estimate of drug-likeness (QED) is 0.774. The van der Waals surface area contributed by atoms with Crippen LogP contribution >= 0.6 is 15.9 Å². The summed E-state index contributed by atoms with van der Waals surface area (Å²) in [5, 5.41) is 0.749. The molecular formula is C10H7BrO3. The van der Waals surface area contributed by atoms with Crippen LogP contribution in [0.15, 0.2) is 27.3 Å². The maximum atomic E-state index is 10.9. The van der Waals surface area contributed by atoms with Gasteiger partial charge in [0.15, 0.2) is 6.29 Å². The van der Waals surface area contributed by atoms with Crippen molar-refractivity contribution >= 4 is 33.2 Å². The highest BCUT2D eigenvalue weighted by Crippen LogP contribution is 2.33. The first-order valence-corrected chi connectivity index (χ1v) is 4.76. The summed E-state index contributed by atoms with van der Waals surface area (Å²) in [6, 6.07) is 3.48. The molecule has 72 valence electrons. The van der Waals surface area contributed by atoms with Gasteiger partial charge in [0.1, 0.15) is 17.6 Å². The molecule has 0 saturated carbocycles. The minimum absolute atomic E-state index is 0.505. The first-order chi connectivity index (χ1) is 6.77. The second-order valence-electron chi connectivity index (χ2n) is 2.76. The average Bonchev–Trinajstić information content (AvgIpc) is 2.59. The maximum Gasteiger partial charge on any atom is 0.154 e. The molecule has 0 unspecified atom stereocenters. The molecule has 0 aliphatic rings. The zero-order valence-electron chi connectivity index (χ0n) is 7.41. The van der Waals surface area contributed by atoms with Gasteiger partial charge in [0.05, 0.1) is 17.1 Å². The van der Waals surface area contributed by atoms with Crippen LogP contribution in [-0.2, 0) is 0 Å². The summed E-state index contributed by atoms with van der Waals surface area (Å²) in [6.45, 7) is 0. The molecule has 1 aromatic carbocycles. The van der Waals surface area contributed by atoms with E-state index in [-0.39, 0.29) is 0 Å². The molecule has 0 aliphatic heterocycles. The third-order valence-corrected chi connectivity index (χ3v) is 2.62. The van der Waals surface area contributed by atoms with Crippen LogP contribution in [0.5, 0.6) is 5.75 Å². The van der Waals surface area contributed by atoms with Crippen LogP contribution in [0, 0.1) is 0 Å². The van der Waals surface area contributed by atoms with Crippen molar-refractivity contribution in [2.24, 2.45) is 0 Å². The second-order valence-corrected chi connectivity index (χ2v) is 3.61. The van der Waals surface area contributed by atoms with Crippen LogP contribution in [0.4, 0.5) is 0 Å². The van der Waals surface area contributed by atoms with Crippen LogP contribution in [0.1, 0.15) is 10.4 Å². The number of hydrogen-bond acceptors (Lipinski definition) is 3. The third kappa shape index (κ3) is 1.23. The molecule has 0 bridgehead atoms. The van der Waals surface area contributed by atoms with Gasteiger partial charge in [-0.1, -0.05) is 0 Å². The van der Waals surface area contributed by atoms with Gasteiger partial charge < -0.3 is 9.15 Å². The summed E-state index contributed by atoms with van der Waals surface area (Å²) in [6.07, 6.45) is 2.32. The summed E-state index contributed by atoms with van der Waals surface area (Å²) in [5.74, 6) is 0.551. The highest BCUT2D eigenvalue weighted by atomic mass is 79.9. The molecule has 0 fully saturated rings.